The Morgan fingerprint density at radius 3 is 2.48 bits per heavy atom. The van der Waals surface area contributed by atoms with Gasteiger partial charge >= 0.3 is 0 Å². The predicted octanol–water partition coefficient (Wildman–Crippen LogP) is 3.19. The fraction of sp³-hybridized carbons (Fsp3) is 0.588. The van der Waals surface area contributed by atoms with Crippen LogP contribution in [0.4, 0.5) is 5.69 Å². The van der Waals surface area contributed by atoms with Crippen LogP contribution in [-0.4, -0.2) is 26.1 Å². The molecule has 1 aromatic rings. The van der Waals surface area contributed by atoms with Gasteiger partial charge < -0.3 is 15.4 Å². The monoisotopic (exact) mass is 290 g/mol. The third-order valence-electron chi connectivity index (χ3n) is 4.27. The highest BCUT2D eigenvalue weighted by Gasteiger charge is 2.26. The molecule has 0 heterocycles. The molecular formula is C17H26N2O2. The van der Waals surface area contributed by atoms with E-state index in [-0.39, 0.29) is 5.91 Å². The molecule has 1 saturated carbocycles. The maximum absolute atomic E-state index is 11.9. The lowest BCUT2D eigenvalue weighted by Gasteiger charge is -2.33. The lowest BCUT2D eigenvalue weighted by Crippen LogP contribution is -2.37. The zero-order valence-electron chi connectivity index (χ0n) is 13.1. The Kier molecular flexibility index (Phi) is 5.62. The summed E-state index contributed by atoms with van der Waals surface area (Å²) in [5, 5.41) is 6.19. The molecule has 0 aliphatic heterocycles. The van der Waals surface area contributed by atoms with Gasteiger partial charge in [0.15, 0.2) is 0 Å². The molecule has 1 aliphatic carbocycles. The van der Waals surface area contributed by atoms with Gasteiger partial charge in [0.25, 0.3) is 0 Å². The Bertz CT molecular complexity index is 450. The first-order chi connectivity index (χ1) is 10.1. The Morgan fingerprint density at radius 1 is 1.19 bits per heavy atom. The Hall–Kier alpha value is -1.55. The van der Waals surface area contributed by atoms with Gasteiger partial charge in [0, 0.05) is 12.2 Å². The summed E-state index contributed by atoms with van der Waals surface area (Å²) in [5.74, 6) is 0.788. The summed E-state index contributed by atoms with van der Waals surface area (Å²) in [4.78, 5) is 11.9. The molecule has 0 saturated heterocycles. The average molecular weight is 290 g/mol. The molecule has 1 amide bonds. The van der Waals surface area contributed by atoms with Crippen LogP contribution in [0, 0.1) is 5.41 Å². The molecule has 1 fully saturated rings. The van der Waals surface area contributed by atoms with E-state index in [1.807, 2.05) is 24.3 Å². The van der Waals surface area contributed by atoms with Crippen molar-refractivity contribution in [2.24, 2.45) is 5.41 Å². The standard InChI is InChI=1S/C17H26N2O2/c1-17(10-4-3-5-11-17)13-18-12-16(20)19-14-6-8-15(21-2)9-7-14/h6-9,18H,3-5,10-13H2,1-2H3,(H,19,20). The third kappa shape index (κ3) is 5.05. The lowest BCUT2D eigenvalue weighted by atomic mass is 9.76. The molecule has 21 heavy (non-hydrogen) atoms. The predicted molar refractivity (Wildman–Crippen MR) is 85.7 cm³/mol. The van der Waals surface area contributed by atoms with E-state index >= 15 is 0 Å². The van der Waals surface area contributed by atoms with E-state index in [9.17, 15) is 4.79 Å². The number of hydrogen-bond donors (Lipinski definition) is 2. The fourth-order valence-electron chi connectivity index (χ4n) is 2.94. The maximum atomic E-state index is 11.9. The van der Waals surface area contributed by atoms with Crippen LogP contribution in [0.5, 0.6) is 5.75 Å². The summed E-state index contributed by atoms with van der Waals surface area (Å²) in [6.45, 7) is 3.60. The summed E-state index contributed by atoms with van der Waals surface area (Å²) in [6.07, 6.45) is 6.51. The summed E-state index contributed by atoms with van der Waals surface area (Å²) >= 11 is 0. The van der Waals surface area contributed by atoms with Gasteiger partial charge in [0.1, 0.15) is 5.75 Å². The van der Waals surface area contributed by atoms with Gasteiger partial charge in [-0.3, -0.25) is 4.79 Å². The first-order valence-electron chi connectivity index (χ1n) is 7.76. The number of hydrogen-bond acceptors (Lipinski definition) is 3. The molecule has 2 rings (SSSR count). The van der Waals surface area contributed by atoms with Crippen LogP contribution in [-0.2, 0) is 4.79 Å². The van der Waals surface area contributed by atoms with Gasteiger partial charge in [0.2, 0.25) is 5.91 Å². The SMILES string of the molecule is COc1ccc(NC(=O)CNCC2(C)CCCCC2)cc1. The molecule has 4 heteroatoms. The van der Waals surface area contributed by atoms with E-state index < -0.39 is 0 Å². The van der Waals surface area contributed by atoms with Gasteiger partial charge in [-0.15, -0.1) is 0 Å². The molecule has 0 spiro atoms. The van der Waals surface area contributed by atoms with Gasteiger partial charge in [-0.2, -0.15) is 0 Å². The highest BCUT2D eigenvalue weighted by molar-refractivity contribution is 5.92. The average Bonchev–Trinajstić information content (AvgIpc) is 2.48. The molecule has 0 aromatic heterocycles. The second kappa shape index (κ2) is 7.46. The van der Waals surface area contributed by atoms with Crippen molar-refractivity contribution >= 4 is 11.6 Å². The molecule has 0 bridgehead atoms. The number of carbonyl (C=O) groups excluding carboxylic acids is 1. The Morgan fingerprint density at radius 2 is 1.86 bits per heavy atom. The number of carbonyl (C=O) groups is 1. The Labute approximate surface area is 127 Å². The van der Waals surface area contributed by atoms with E-state index in [4.69, 9.17) is 4.74 Å². The van der Waals surface area contributed by atoms with E-state index in [2.05, 4.69) is 17.6 Å². The largest absolute Gasteiger partial charge is 0.497 e. The summed E-state index contributed by atoms with van der Waals surface area (Å²) in [5.41, 5.74) is 1.16. The zero-order chi connectivity index (χ0) is 15.1. The van der Waals surface area contributed by atoms with Crippen LogP contribution in [0.25, 0.3) is 0 Å². The normalized spacial score (nSPS) is 17.2. The lowest BCUT2D eigenvalue weighted by molar-refractivity contribution is -0.115. The second-order valence-electron chi connectivity index (χ2n) is 6.25. The number of nitrogens with one attached hydrogen (secondary N) is 2. The van der Waals surface area contributed by atoms with E-state index in [0.717, 1.165) is 18.0 Å². The van der Waals surface area contributed by atoms with E-state index in [0.29, 0.717) is 12.0 Å². The molecule has 2 N–H and O–H groups in total. The van der Waals surface area contributed by atoms with Gasteiger partial charge in [-0.05, 0) is 42.5 Å². The number of benzene rings is 1. The van der Waals surface area contributed by atoms with Crippen LogP contribution < -0.4 is 15.4 Å². The number of methoxy groups -OCH3 is 1. The zero-order valence-corrected chi connectivity index (χ0v) is 13.1. The first-order valence-corrected chi connectivity index (χ1v) is 7.76. The minimum atomic E-state index is -0.000392. The number of amides is 1. The molecule has 0 atom stereocenters. The van der Waals surface area contributed by atoms with Gasteiger partial charge in [-0.1, -0.05) is 26.2 Å². The second-order valence-corrected chi connectivity index (χ2v) is 6.25. The van der Waals surface area contributed by atoms with Gasteiger partial charge in [-0.25, -0.2) is 0 Å². The topological polar surface area (TPSA) is 50.4 Å². The summed E-state index contributed by atoms with van der Waals surface area (Å²) in [7, 11) is 1.63. The maximum Gasteiger partial charge on any atom is 0.238 e. The minimum Gasteiger partial charge on any atom is -0.497 e. The van der Waals surface area contributed by atoms with Crippen molar-refractivity contribution in [3.63, 3.8) is 0 Å². The molecular weight excluding hydrogens is 264 g/mol. The molecule has 1 aliphatic rings. The number of rotatable bonds is 6. The van der Waals surface area contributed by atoms with E-state index in [1.54, 1.807) is 7.11 Å². The molecule has 0 radical (unpaired) electrons. The number of anilines is 1. The van der Waals surface area contributed by atoms with Crippen LogP contribution >= 0.6 is 0 Å². The molecule has 0 unspecified atom stereocenters. The van der Waals surface area contributed by atoms with Crippen LogP contribution in [0.2, 0.25) is 0 Å². The highest BCUT2D eigenvalue weighted by atomic mass is 16.5. The van der Waals surface area contributed by atoms with E-state index in [1.165, 1.54) is 32.1 Å². The number of ether oxygens (including phenoxy) is 1. The molecule has 116 valence electrons. The van der Waals surface area contributed by atoms with Crippen molar-refractivity contribution in [2.45, 2.75) is 39.0 Å². The molecule has 1 aromatic carbocycles. The quantitative estimate of drug-likeness (QED) is 0.846. The third-order valence-corrected chi connectivity index (χ3v) is 4.27. The molecule has 4 nitrogen and oxygen atoms in total. The van der Waals surface area contributed by atoms with Crippen molar-refractivity contribution in [1.82, 2.24) is 5.32 Å². The highest BCUT2D eigenvalue weighted by Crippen LogP contribution is 2.34. The van der Waals surface area contributed by atoms with Crippen molar-refractivity contribution in [1.29, 1.82) is 0 Å². The van der Waals surface area contributed by atoms with Crippen molar-refractivity contribution in [2.75, 3.05) is 25.5 Å². The Balaban J connectivity index is 1.71. The minimum absolute atomic E-state index is 0.000392. The summed E-state index contributed by atoms with van der Waals surface area (Å²) in [6, 6.07) is 7.37. The summed E-state index contributed by atoms with van der Waals surface area (Å²) < 4.78 is 5.09. The van der Waals surface area contributed by atoms with Crippen LogP contribution in [0.3, 0.4) is 0 Å². The first kappa shape index (κ1) is 15.8. The van der Waals surface area contributed by atoms with Crippen molar-refractivity contribution in [3.05, 3.63) is 24.3 Å². The fourth-order valence-corrected chi connectivity index (χ4v) is 2.94. The van der Waals surface area contributed by atoms with Gasteiger partial charge in [0.05, 0.1) is 13.7 Å². The van der Waals surface area contributed by atoms with Crippen LogP contribution in [0.1, 0.15) is 39.0 Å². The van der Waals surface area contributed by atoms with Crippen molar-refractivity contribution < 1.29 is 9.53 Å². The smallest absolute Gasteiger partial charge is 0.238 e. The van der Waals surface area contributed by atoms with Crippen LogP contribution in [0.15, 0.2) is 24.3 Å². The van der Waals surface area contributed by atoms with Crippen molar-refractivity contribution in [3.8, 4) is 5.75 Å².